The van der Waals surface area contributed by atoms with Crippen LogP contribution in [0.2, 0.25) is 0 Å². The molecule has 0 aliphatic heterocycles. The fraction of sp³-hybridized carbons (Fsp3) is 0.250. The molecule has 2 aromatic carbocycles. The van der Waals surface area contributed by atoms with Gasteiger partial charge in [0, 0.05) is 17.3 Å². The standard InChI is InChI=1S/C16H19NO/c1-12(13(2)18)17-16-11-7-6-10-15(16)14-8-4-3-5-9-14/h3-13,17-18H,1-2H3. The van der Waals surface area contributed by atoms with Crippen LogP contribution in [0.25, 0.3) is 11.1 Å². The van der Waals surface area contributed by atoms with Crippen molar-refractivity contribution < 1.29 is 5.11 Å². The minimum Gasteiger partial charge on any atom is -0.391 e. The van der Waals surface area contributed by atoms with Crippen molar-refractivity contribution in [2.24, 2.45) is 0 Å². The average molecular weight is 241 g/mol. The van der Waals surface area contributed by atoms with Crippen LogP contribution in [0.15, 0.2) is 54.6 Å². The summed E-state index contributed by atoms with van der Waals surface area (Å²) in [4.78, 5) is 0. The Morgan fingerprint density at radius 1 is 0.889 bits per heavy atom. The molecular weight excluding hydrogens is 222 g/mol. The molecule has 0 amide bonds. The van der Waals surface area contributed by atoms with Gasteiger partial charge in [-0.2, -0.15) is 0 Å². The van der Waals surface area contributed by atoms with Crippen molar-refractivity contribution in [3.63, 3.8) is 0 Å². The van der Waals surface area contributed by atoms with Crippen LogP contribution in [0.1, 0.15) is 13.8 Å². The number of aliphatic hydroxyl groups is 1. The quantitative estimate of drug-likeness (QED) is 0.858. The number of anilines is 1. The van der Waals surface area contributed by atoms with Gasteiger partial charge in [-0.3, -0.25) is 0 Å². The first kappa shape index (κ1) is 12.7. The number of para-hydroxylation sites is 1. The predicted molar refractivity (Wildman–Crippen MR) is 76.6 cm³/mol. The smallest absolute Gasteiger partial charge is 0.0710 e. The van der Waals surface area contributed by atoms with Crippen molar-refractivity contribution in [1.29, 1.82) is 0 Å². The SMILES string of the molecule is CC(O)C(C)Nc1ccccc1-c1ccccc1. The van der Waals surface area contributed by atoms with Crippen LogP contribution in [0.3, 0.4) is 0 Å². The zero-order valence-electron chi connectivity index (χ0n) is 10.8. The van der Waals surface area contributed by atoms with Gasteiger partial charge in [0.2, 0.25) is 0 Å². The molecule has 0 aliphatic carbocycles. The van der Waals surface area contributed by atoms with Crippen LogP contribution >= 0.6 is 0 Å². The van der Waals surface area contributed by atoms with Crippen LogP contribution in [-0.4, -0.2) is 17.3 Å². The van der Waals surface area contributed by atoms with Crippen LogP contribution in [-0.2, 0) is 0 Å². The van der Waals surface area contributed by atoms with E-state index in [1.165, 1.54) is 5.56 Å². The first-order valence-corrected chi connectivity index (χ1v) is 6.27. The lowest BCUT2D eigenvalue weighted by molar-refractivity contribution is 0.178. The second-order valence-electron chi connectivity index (χ2n) is 4.59. The Labute approximate surface area is 108 Å². The number of rotatable bonds is 4. The van der Waals surface area contributed by atoms with E-state index < -0.39 is 0 Å². The highest BCUT2D eigenvalue weighted by atomic mass is 16.3. The molecule has 0 saturated heterocycles. The van der Waals surface area contributed by atoms with Crippen molar-refractivity contribution in [3.05, 3.63) is 54.6 Å². The molecule has 2 heteroatoms. The summed E-state index contributed by atoms with van der Waals surface area (Å²) in [6.45, 7) is 3.77. The summed E-state index contributed by atoms with van der Waals surface area (Å²) in [5.74, 6) is 0. The van der Waals surface area contributed by atoms with Gasteiger partial charge < -0.3 is 10.4 Å². The van der Waals surface area contributed by atoms with Crippen molar-refractivity contribution in [1.82, 2.24) is 0 Å². The first-order valence-electron chi connectivity index (χ1n) is 6.27. The van der Waals surface area contributed by atoms with E-state index in [0.29, 0.717) is 0 Å². The molecule has 0 spiro atoms. The molecule has 0 aromatic heterocycles. The molecule has 2 aromatic rings. The fourth-order valence-corrected chi connectivity index (χ4v) is 1.84. The van der Waals surface area contributed by atoms with Crippen molar-refractivity contribution in [3.8, 4) is 11.1 Å². The lowest BCUT2D eigenvalue weighted by Crippen LogP contribution is -2.28. The van der Waals surface area contributed by atoms with Crippen LogP contribution in [0.5, 0.6) is 0 Å². The molecular formula is C16H19NO. The Morgan fingerprint density at radius 3 is 2.17 bits per heavy atom. The summed E-state index contributed by atoms with van der Waals surface area (Å²) >= 11 is 0. The molecule has 18 heavy (non-hydrogen) atoms. The molecule has 2 N–H and O–H groups in total. The number of hydrogen-bond acceptors (Lipinski definition) is 2. The van der Waals surface area contributed by atoms with E-state index in [2.05, 4.69) is 23.5 Å². The Kier molecular flexibility index (Phi) is 4.00. The summed E-state index contributed by atoms with van der Waals surface area (Å²) in [6, 6.07) is 18.4. The molecule has 2 atom stereocenters. The van der Waals surface area contributed by atoms with Crippen LogP contribution in [0, 0.1) is 0 Å². The molecule has 2 nitrogen and oxygen atoms in total. The number of hydrogen-bond donors (Lipinski definition) is 2. The maximum atomic E-state index is 9.58. The third kappa shape index (κ3) is 2.90. The van der Waals surface area contributed by atoms with Crippen molar-refractivity contribution >= 4 is 5.69 Å². The molecule has 2 rings (SSSR count). The number of nitrogens with one attached hydrogen (secondary N) is 1. The van der Waals surface area contributed by atoms with Crippen molar-refractivity contribution in [2.75, 3.05) is 5.32 Å². The zero-order valence-corrected chi connectivity index (χ0v) is 10.8. The molecule has 0 aliphatic rings. The van der Waals surface area contributed by atoms with Gasteiger partial charge in [0.15, 0.2) is 0 Å². The molecule has 2 unspecified atom stereocenters. The lowest BCUT2D eigenvalue weighted by atomic mass is 10.0. The Hall–Kier alpha value is -1.80. The van der Waals surface area contributed by atoms with Crippen LogP contribution in [0.4, 0.5) is 5.69 Å². The number of benzene rings is 2. The summed E-state index contributed by atoms with van der Waals surface area (Å²) in [7, 11) is 0. The topological polar surface area (TPSA) is 32.3 Å². The zero-order chi connectivity index (χ0) is 13.0. The van der Waals surface area contributed by atoms with Gasteiger partial charge in [-0.25, -0.2) is 0 Å². The van der Waals surface area contributed by atoms with E-state index in [1.54, 1.807) is 6.92 Å². The van der Waals surface area contributed by atoms with E-state index in [1.807, 2.05) is 43.3 Å². The van der Waals surface area contributed by atoms with Gasteiger partial charge in [0.05, 0.1) is 6.10 Å². The first-order chi connectivity index (χ1) is 8.68. The largest absolute Gasteiger partial charge is 0.391 e. The second kappa shape index (κ2) is 5.69. The third-order valence-corrected chi connectivity index (χ3v) is 3.12. The summed E-state index contributed by atoms with van der Waals surface area (Å²) < 4.78 is 0. The number of aliphatic hydroxyl groups excluding tert-OH is 1. The van der Waals surface area contributed by atoms with Gasteiger partial charge in [-0.05, 0) is 25.5 Å². The molecule has 0 bridgehead atoms. The molecule has 0 fully saturated rings. The van der Waals surface area contributed by atoms with E-state index in [9.17, 15) is 5.11 Å². The van der Waals surface area contributed by atoms with Gasteiger partial charge in [0.1, 0.15) is 0 Å². The highest BCUT2D eigenvalue weighted by Gasteiger charge is 2.11. The van der Waals surface area contributed by atoms with Gasteiger partial charge in [-0.1, -0.05) is 48.5 Å². The van der Waals surface area contributed by atoms with E-state index in [4.69, 9.17) is 0 Å². The van der Waals surface area contributed by atoms with Gasteiger partial charge in [-0.15, -0.1) is 0 Å². The Bertz CT molecular complexity index is 493. The van der Waals surface area contributed by atoms with Crippen LogP contribution < -0.4 is 5.32 Å². The van der Waals surface area contributed by atoms with E-state index in [-0.39, 0.29) is 12.1 Å². The van der Waals surface area contributed by atoms with E-state index in [0.717, 1.165) is 11.3 Å². The van der Waals surface area contributed by atoms with Gasteiger partial charge >= 0.3 is 0 Å². The maximum absolute atomic E-state index is 9.58. The summed E-state index contributed by atoms with van der Waals surface area (Å²) in [5.41, 5.74) is 3.39. The Morgan fingerprint density at radius 2 is 1.50 bits per heavy atom. The normalized spacial score (nSPS) is 13.9. The minimum absolute atomic E-state index is 0.0230. The predicted octanol–water partition coefficient (Wildman–Crippen LogP) is 3.53. The second-order valence-corrected chi connectivity index (χ2v) is 4.59. The molecule has 94 valence electrons. The molecule has 0 heterocycles. The third-order valence-electron chi connectivity index (χ3n) is 3.12. The molecule has 0 radical (unpaired) electrons. The summed E-state index contributed by atoms with van der Waals surface area (Å²) in [5, 5.41) is 12.9. The molecule has 0 saturated carbocycles. The van der Waals surface area contributed by atoms with Crippen molar-refractivity contribution in [2.45, 2.75) is 26.0 Å². The summed E-state index contributed by atoms with van der Waals surface area (Å²) in [6.07, 6.45) is -0.381. The minimum atomic E-state index is -0.381. The fourth-order valence-electron chi connectivity index (χ4n) is 1.84. The average Bonchev–Trinajstić information content (AvgIpc) is 2.40. The van der Waals surface area contributed by atoms with Gasteiger partial charge in [0.25, 0.3) is 0 Å². The highest BCUT2D eigenvalue weighted by molar-refractivity contribution is 5.77. The van der Waals surface area contributed by atoms with E-state index >= 15 is 0 Å². The monoisotopic (exact) mass is 241 g/mol. The Balaban J connectivity index is 2.32. The highest BCUT2D eigenvalue weighted by Crippen LogP contribution is 2.28. The lowest BCUT2D eigenvalue weighted by Gasteiger charge is -2.20. The maximum Gasteiger partial charge on any atom is 0.0710 e.